The fourth-order valence-corrected chi connectivity index (χ4v) is 2.01. The lowest BCUT2D eigenvalue weighted by Crippen LogP contribution is -2.51. The average Bonchev–Trinajstić information content (AvgIpc) is 2.84. The highest BCUT2D eigenvalue weighted by atomic mass is 32.2. The summed E-state index contributed by atoms with van der Waals surface area (Å²) in [5, 5.41) is 8.53. The van der Waals surface area contributed by atoms with Gasteiger partial charge >= 0.3 is 0 Å². The monoisotopic (exact) mass is 262 g/mol. The lowest BCUT2D eigenvalue weighted by atomic mass is 10.2. The topological polar surface area (TPSA) is 66.6 Å². The highest BCUT2D eigenvalue weighted by molar-refractivity contribution is 7.99. The van der Waals surface area contributed by atoms with Crippen LogP contribution in [0.3, 0.4) is 0 Å². The van der Waals surface area contributed by atoms with E-state index in [-0.39, 0.29) is 0 Å². The molecule has 0 aliphatic carbocycles. The lowest BCUT2D eigenvalue weighted by molar-refractivity contribution is -0.367. The van der Waals surface area contributed by atoms with Gasteiger partial charge in [-0.1, -0.05) is 54.2 Å². The van der Waals surface area contributed by atoms with E-state index in [9.17, 15) is 0 Å². The molecule has 0 spiro atoms. The molecule has 0 aliphatic rings. The third-order valence-electron chi connectivity index (χ3n) is 2.25. The van der Waals surface area contributed by atoms with Gasteiger partial charge in [0.25, 0.3) is 5.22 Å². The normalized spacial score (nSPS) is 11.2. The first-order chi connectivity index (χ1) is 8.88. The summed E-state index contributed by atoms with van der Waals surface area (Å²) in [4.78, 5) is 0. The van der Waals surface area contributed by atoms with E-state index >= 15 is 0 Å². The summed E-state index contributed by atoms with van der Waals surface area (Å²) >= 11 is 1.54. The molecule has 4 nitrogen and oxygen atoms in total. The van der Waals surface area contributed by atoms with Crippen molar-refractivity contribution in [1.29, 1.82) is 0 Å². The van der Waals surface area contributed by atoms with Gasteiger partial charge in [-0.2, -0.15) is 0 Å². The van der Waals surface area contributed by atoms with Crippen LogP contribution in [0.2, 0.25) is 0 Å². The molecule has 1 aromatic carbocycles. The predicted octanol–water partition coefficient (Wildman–Crippen LogP) is 1.66. The Balaban J connectivity index is 1.79. The molecule has 0 fully saturated rings. The Morgan fingerprint density at radius 2 is 2.06 bits per heavy atom. The fraction of sp³-hybridized carbons (Fsp3) is 0.231. The summed E-state index contributed by atoms with van der Waals surface area (Å²) < 4.78 is 5.44. The van der Waals surface area contributed by atoms with Crippen molar-refractivity contribution in [3.8, 4) is 0 Å². The van der Waals surface area contributed by atoms with Gasteiger partial charge in [-0.3, -0.25) is 0 Å². The molecule has 1 aromatic heterocycles. The molecular formula is C13H16N3OS+. The van der Waals surface area contributed by atoms with Gasteiger partial charge in [0, 0.05) is 5.75 Å². The minimum Gasteiger partial charge on any atom is -0.416 e. The van der Waals surface area contributed by atoms with Gasteiger partial charge in [-0.25, -0.2) is 0 Å². The molecular weight excluding hydrogens is 246 g/mol. The smallest absolute Gasteiger partial charge is 0.276 e. The number of rotatable bonds is 6. The minimum absolute atomic E-state index is 0.621. The number of thioether (sulfide) groups is 1. The van der Waals surface area contributed by atoms with E-state index in [0.717, 1.165) is 18.7 Å². The van der Waals surface area contributed by atoms with Crippen LogP contribution in [0.1, 0.15) is 11.5 Å². The van der Waals surface area contributed by atoms with Crippen molar-refractivity contribution in [2.45, 2.75) is 11.6 Å². The standard InChI is InChI=1S/C13H15N3OS/c14-9-8-12-15-16-13(17-12)18-10-4-7-11-5-2-1-3-6-11/h1-7H,8-10,14H2/p+1/b7-4+. The largest absolute Gasteiger partial charge is 0.416 e. The van der Waals surface area contributed by atoms with E-state index in [0.29, 0.717) is 11.1 Å². The summed E-state index contributed by atoms with van der Waals surface area (Å²) in [6.45, 7) is 0.778. The van der Waals surface area contributed by atoms with Crippen molar-refractivity contribution in [1.82, 2.24) is 10.2 Å². The maximum absolute atomic E-state index is 5.44. The molecule has 3 N–H and O–H groups in total. The molecule has 2 rings (SSSR count). The summed E-state index contributed by atoms with van der Waals surface area (Å²) in [5.74, 6) is 1.49. The Kier molecular flexibility index (Phi) is 4.99. The molecule has 0 amide bonds. The number of benzene rings is 1. The highest BCUT2D eigenvalue weighted by Crippen LogP contribution is 2.16. The van der Waals surface area contributed by atoms with Gasteiger partial charge in [0.2, 0.25) is 5.89 Å². The van der Waals surface area contributed by atoms with Crippen molar-refractivity contribution in [2.75, 3.05) is 12.3 Å². The SMILES string of the molecule is [NH3+]CCc1nnc(SC/C=C/c2ccccc2)o1. The van der Waals surface area contributed by atoms with Gasteiger partial charge in [-0.15, -0.1) is 10.2 Å². The zero-order valence-corrected chi connectivity index (χ0v) is 10.9. The van der Waals surface area contributed by atoms with Crippen LogP contribution in [-0.4, -0.2) is 22.5 Å². The van der Waals surface area contributed by atoms with E-state index in [2.05, 4.69) is 40.2 Å². The average molecular weight is 262 g/mol. The van der Waals surface area contributed by atoms with Crippen molar-refractivity contribution in [3.05, 3.63) is 47.9 Å². The first-order valence-corrected chi connectivity index (χ1v) is 6.83. The summed E-state index contributed by atoms with van der Waals surface area (Å²) in [6, 6.07) is 10.2. The van der Waals surface area contributed by atoms with E-state index < -0.39 is 0 Å². The molecule has 0 saturated heterocycles. The van der Waals surface area contributed by atoms with Crippen LogP contribution in [0.15, 0.2) is 46.0 Å². The number of hydrogen-bond acceptors (Lipinski definition) is 4. The van der Waals surface area contributed by atoms with Crippen LogP contribution in [0.25, 0.3) is 6.08 Å². The lowest BCUT2D eigenvalue weighted by Gasteiger charge is -1.91. The van der Waals surface area contributed by atoms with Gasteiger partial charge < -0.3 is 10.2 Å². The maximum atomic E-state index is 5.44. The second-order valence-corrected chi connectivity index (χ2v) is 4.66. The molecule has 0 atom stereocenters. The Labute approximate surface area is 110 Å². The number of quaternary nitrogens is 1. The van der Waals surface area contributed by atoms with Crippen LogP contribution in [-0.2, 0) is 6.42 Å². The van der Waals surface area contributed by atoms with Gasteiger partial charge in [-0.05, 0) is 5.56 Å². The van der Waals surface area contributed by atoms with E-state index in [1.807, 2.05) is 18.2 Å². The van der Waals surface area contributed by atoms with Gasteiger partial charge in [0.15, 0.2) is 0 Å². The van der Waals surface area contributed by atoms with E-state index in [1.165, 1.54) is 17.3 Å². The summed E-state index contributed by atoms with van der Waals surface area (Å²) in [6.07, 6.45) is 4.92. The predicted molar refractivity (Wildman–Crippen MR) is 72.0 cm³/mol. The first kappa shape index (κ1) is 12.9. The molecule has 0 unspecified atom stereocenters. The third kappa shape index (κ3) is 4.01. The van der Waals surface area contributed by atoms with Crippen LogP contribution < -0.4 is 5.73 Å². The molecule has 1 heterocycles. The van der Waals surface area contributed by atoms with E-state index in [1.54, 1.807) is 0 Å². The second-order valence-electron chi connectivity index (χ2n) is 3.69. The molecule has 0 saturated carbocycles. The third-order valence-corrected chi connectivity index (χ3v) is 3.02. The fourth-order valence-electron chi connectivity index (χ4n) is 1.42. The molecule has 0 bridgehead atoms. The zero-order chi connectivity index (χ0) is 12.6. The Hall–Kier alpha value is -1.59. The Bertz CT molecular complexity index is 496. The molecule has 2 aromatic rings. The summed E-state index contributed by atoms with van der Waals surface area (Å²) in [5.41, 5.74) is 4.95. The van der Waals surface area contributed by atoms with Crippen LogP contribution >= 0.6 is 11.8 Å². The number of aromatic nitrogens is 2. The van der Waals surface area contributed by atoms with E-state index in [4.69, 9.17) is 4.42 Å². The molecule has 94 valence electrons. The van der Waals surface area contributed by atoms with Crippen LogP contribution in [0.5, 0.6) is 0 Å². The zero-order valence-electron chi connectivity index (χ0n) is 10.1. The van der Waals surface area contributed by atoms with Gasteiger partial charge in [0.05, 0.1) is 13.0 Å². The minimum atomic E-state index is 0.621. The van der Waals surface area contributed by atoms with Gasteiger partial charge in [0.1, 0.15) is 0 Å². The summed E-state index contributed by atoms with van der Waals surface area (Å²) in [7, 11) is 0. The van der Waals surface area contributed by atoms with Crippen molar-refractivity contribution in [3.63, 3.8) is 0 Å². The molecule has 5 heteroatoms. The van der Waals surface area contributed by atoms with Crippen LogP contribution in [0.4, 0.5) is 0 Å². The molecule has 18 heavy (non-hydrogen) atoms. The van der Waals surface area contributed by atoms with Crippen LogP contribution in [0, 0.1) is 0 Å². The second kappa shape index (κ2) is 6.98. The Morgan fingerprint density at radius 3 is 2.83 bits per heavy atom. The first-order valence-electron chi connectivity index (χ1n) is 5.84. The van der Waals surface area contributed by atoms with Crippen molar-refractivity contribution in [2.24, 2.45) is 0 Å². The molecule has 0 radical (unpaired) electrons. The number of nitrogens with zero attached hydrogens (tertiary/aromatic N) is 2. The van der Waals surface area contributed by atoms with Crippen molar-refractivity contribution >= 4 is 17.8 Å². The number of hydrogen-bond donors (Lipinski definition) is 1. The molecule has 0 aliphatic heterocycles. The van der Waals surface area contributed by atoms with Crippen molar-refractivity contribution < 1.29 is 10.2 Å². The Morgan fingerprint density at radius 1 is 1.22 bits per heavy atom. The highest BCUT2D eigenvalue weighted by Gasteiger charge is 2.04. The quantitative estimate of drug-likeness (QED) is 0.804. The maximum Gasteiger partial charge on any atom is 0.276 e.